The Balaban J connectivity index is 1.66. The van der Waals surface area contributed by atoms with Crippen molar-refractivity contribution in [3.05, 3.63) is 77.5 Å². The zero-order valence-electron chi connectivity index (χ0n) is 14.0. The molecule has 0 aliphatic carbocycles. The van der Waals surface area contributed by atoms with Gasteiger partial charge in [0.05, 0.1) is 5.56 Å². The quantitative estimate of drug-likeness (QED) is 0.661. The summed E-state index contributed by atoms with van der Waals surface area (Å²) in [7, 11) is 0. The Bertz CT molecular complexity index is 876. The first-order chi connectivity index (χ1) is 12.4. The Morgan fingerprint density at radius 1 is 0.962 bits per heavy atom. The topological polar surface area (TPSA) is 49.8 Å². The number of nitrogens with zero attached hydrogens (tertiary/aromatic N) is 2. The van der Waals surface area contributed by atoms with Crippen LogP contribution in [0.2, 0.25) is 0 Å². The number of alkyl halides is 3. The van der Waals surface area contributed by atoms with Crippen LogP contribution in [0, 0.1) is 6.92 Å². The van der Waals surface area contributed by atoms with E-state index in [0.717, 1.165) is 17.7 Å². The van der Waals surface area contributed by atoms with Crippen LogP contribution in [0.25, 0.3) is 0 Å². The van der Waals surface area contributed by atoms with E-state index in [-0.39, 0.29) is 0 Å². The molecule has 2 aromatic carbocycles. The summed E-state index contributed by atoms with van der Waals surface area (Å²) >= 11 is 0. The number of aryl methyl sites for hydroxylation is 1. The van der Waals surface area contributed by atoms with E-state index in [9.17, 15) is 13.2 Å². The normalized spacial score (nSPS) is 11.2. The van der Waals surface area contributed by atoms with Gasteiger partial charge in [-0.2, -0.15) is 18.2 Å². The van der Waals surface area contributed by atoms with Crippen molar-refractivity contribution in [3.8, 4) is 0 Å². The Kier molecular flexibility index (Phi) is 5.06. The third-order valence-corrected chi connectivity index (χ3v) is 3.85. The molecule has 0 amide bonds. The smallest absolute Gasteiger partial charge is 0.366 e. The minimum Gasteiger partial charge on any atom is -0.366 e. The number of benzene rings is 2. The summed E-state index contributed by atoms with van der Waals surface area (Å²) in [5.41, 5.74) is 2.12. The molecule has 0 saturated carbocycles. The van der Waals surface area contributed by atoms with Crippen LogP contribution < -0.4 is 10.6 Å². The van der Waals surface area contributed by atoms with E-state index < -0.39 is 11.7 Å². The van der Waals surface area contributed by atoms with Crippen LogP contribution in [-0.2, 0) is 12.7 Å². The molecule has 1 heterocycles. The van der Waals surface area contributed by atoms with Crippen LogP contribution in [0.5, 0.6) is 0 Å². The number of nitrogens with one attached hydrogen (secondary N) is 2. The molecule has 0 unspecified atom stereocenters. The van der Waals surface area contributed by atoms with E-state index in [1.807, 2.05) is 31.2 Å². The lowest BCUT2D eigenvalue weighted by Gasteiger charge is -2.11. The molecule has 0 fully saturated rings. The maximum absolute atomic E-state index is 12.6. The number of hydrogen-bond donors (Lipinski definition) is 2. The number of aromatic nitrogens is 2. The summed E-state index contributed by atoms with van der Waals surface area (Å²) in [5.74, 6) is 0.928. The van der Waals surface area contributed by atoms with E-state index in [1.54, 1.807) is 12.3 Å². The largest absolute Gasteiger partial charge is 0.416 e. The van der Waals surface area contributed by atoms with Crippen molar-refractivity contribution in [1.29, 1.82) is 0 Å². The lowest BCUT2D eigenvalue weighted by molar-refractivity contribution is -0.137. The molecule has 0 saturated heterocycles. The zero-order valence-corrected chi connectivity index (χ0v) is 14.0. The Morgan fingerprint density at radius 3 is 2.38 bits per heavy atom. The van der Waals surface area contributed by atoms with E-state index in [0.29, 0.717) is 24.0 Å². The van der Waals surface area contributed by atoms with Gasteiger partial charge in [0.2, 0.25) is 5.95 Å². The molecule has 26 heavy (non-hydrogen) atoms. The maximum Gasteiger partial charge on any atom is 0.416 e. The highest BCUT2D eigenvalue weighted by Crippen LogP contribution is 2.30. The molecule has 1 aromatic heterocycles. The molecule has 134 valence electrons. The van der Waals surface area contributed by atoms with Gasteiger partial charge in [-0.05, 0) is 48.4 Å². The molecule has 4 nitrogen and oxygen atoms in total. The van der Waals surface area contributed by atoms with Gasteiger partial charge in [0.1, 0.15) is 5.82 Å². The molecule has 0 spiro atoms. The minimum atomic E-state index is -4.35. The van der Waals surface area contributed by atoms with Crippen molar-refractivity contribution >= 4 is 17.5 Å². The first kappa shape index (κ1) is 17.7. The monoisotopic (exact) mass is 358 g/mol. The molecule has 0 bridgehead atoms. The van der Waals surface area contributed by atoms with Crippen molar-refractivity contribution < 1.29 is 13.2 Å². The molecular formula is C19H17F3N4. The van der Waals surface area contributed by atoms with Gasteiger partial charge in [0, 0.05) is 18.4 Å². The van der Waals surface area contributed by atoms with E-state index in [1.165, 1.54) is 17.7 Å². The summed E-state index contributed by atoms with van der Waals surface area (Å²) in [6.07, 6.45) is -2.77. The molecule has 0 aliphatic heterocycles. The third-order valence-electron chi connectivity index (χ3n) is 3.85. The average Bonchev–Trinajstić information content (AvgIpc) is 2.61. The van der Waals surface area contributed by atoms with Gasteiger partial charge in [0.25, 0.3) is 0 Å². The Hall–Kier alpha value is -3.09. The molecule has 3 rings (SSSR count). The van der Waals surface area contributed by atoms with Crippen molar-refractivity contribution in [2.45, 2.75) is 19.6 Å². The van der Waals surface area contributed by atoms with Crippen molar-refractivity contribution in [1.82, 2.24) is 9.97 Å². The van der Waals surface area contributed by atoms with E-state index in [2.05, 4.69) is 20.6 Å². The van der Waals surface area contributed by atoms with Crippen molar-refractivity contribution in [2.24, 2.45) is 0 Å². The fourth-order valence-electron chi connectivity index (χ4n) is 2.38. The van der Waals surface area contributed by atoms with Crippen LogP contribution in [-0.4, -0.2) is 9.97 Å². The van der Waals surface area contributed by atoms with Gasteiger partial charge in [-0.15, -0.1) is 0 Å². The van der Waals surface area contributed by atoms with Gasteiger partial charge in [-0.1, -0.05) is 24.3 Å². The SMILES string of the molecule is Cc1ccccc1CNc1ccnc(Nc2ccc(C(F)(F)F)cc2)n1. The fraction of sp³-hybridized carbons (Fsp3) is 0.158. The highest BCUT2D eigenvalue weighted by molar-refractivity contribution is 5.55. The lowest BCUT2D eigenvalue weighted by Crippen LogP contribution is -2.06. The standard InChI is InChI=1S/C19H17F3N4/c1-13-4-2-3-5-14(13)12-24-17-10-11-23-18(26-17)25-16-8-6-15(7-9-16)19(20,21)22/h2-11H,12H2,1H3,(H2,23,24,25,26). The maximum atomic E-state index is 12.6. The summed E-state index contributed by atoms with van der Waals surface area (Å²) in [6.45, 7) is 2.65. The Labute approximate surface area is 149 Å². The number of hydrogen-bond acceptors (Lipinski definition) is 4. The van der Waals surface area contributed by atoms with Crippen molar-refractivity contribution in [3.63, 3.8) is 0 Å². The van der Waals surface area contributed by atoms with Gasteiger partial charge in [-0.3, -0.25) is 0 Å². The van der Waals surface area contributed by atoms with Crippen LogP contribution in [0.1, 0.15) is 16.7 Å². The molecule has 0 atom stereocenters. The van der Waals surface area contributed by atoms with E-state index >= 15 is 0 Å². The second kappa shape index (κ2) is 7.43. The first-order valence-electron chi connectivity index (χ1n) is 7.97. The highest BCUT2D eigenvalue weighted by Gasteiger charge is 2.29. The summed E-state index contributed by atoms with van der Waals surface area (Å²) in [5, 5.41) is 6.12. The summed E-state index contributed by atoms with van der Waals surface area (Å²) in [6, 6.07) is 14.5. The van der Waals surface area contributed by atoms with Crippen LogP contribution in [0.15, 0.2) is 60.8 Å². The number of halogens is 3. The number of rotatable bonds is 5. The third kappa shape index (κ3) is 4.50. The Morgan fingerprint density at radius 2 is 1.69 bits per heavy atom. The van der Waals surface area contributed by atoms with E-state index in [4.69, 9.17) is 0 Å². The average molecular weight is 358 g/mol. The van der Waals surface area contributed by atoms with Gasteiger partial charge >= 0.3 is 6.18 Å². The van der Waals surface area contributed by atoms with Crippen LogP contribution in [0.3, 0.4) is 0 Å². The second-order valence-corrected chi connectivity index (χ2v) is 5.75. The fourth-order valence-corrected chi connectivity index (χ4v) is 2.38. The lowest BCUT2D eigenvalue weighted by atomic mass is 10.1. The molecule has 0 aliphatic rings. The van der Waals surface area contributed by atoms with Gasteiger partial charge in [0.15, 0.2) is 0 Å². The first-order valence-corrected chi connectivity index (χ1v) is 7.97. The van der Waals surface area contributed by atoms with Gasteiger partial charge < -0.3 is 10.6 Å². The summed E-state index contributed by atoms with van der Waals surface area (Å²) in [4.78, 5) is 8.42. The molecule has 7 heteroatoms. The van der Waals surface area contributed by atoms with Crippen molar-refractivity contribution in [2.75, 3.05) is 10.6 Å². The summed E-state index contributed by atoms with van der Waals surface area (Å²) < 4.78 is 37.8. The highest BCUT2D eigenvalue weighted by atomic mass is 19.4. The molecule has 0 radical (unpaired) electrons. The predicted molar refractivity (Wildman–Crippen MR) is 95.3 cm³/mol. The molecular weight excluding hydrogens is 341 g/mol. The molecule has 3 aromatic rings. The zero-order chi connectivity index (χ0) is 18.6. The predicted octanol–water partition coefficient (Wildman–Crippen LogP) is 5.16. The minimum absolute atomic E-state index is 0.305. The number of anilines is 3. The van der Waals surface area contributed by atoms with Crippen LogP contribution in [0.4, 0.5) is 30.6 Å². The second-order valence-electron chi connectivity index (χ2n) is 5.75. The molecule has 2 N–H and O–H groups in total. The van der Waals surface area contributed by atoms with Crippen LogP contribution >= 0.6 is 0 Å². The van der Waals surface area contributed by atoms with Gasteiger partial charge in [-0.25, -0.2) is 4.98 Å².